The predicted octanol–water partition coefficient (Wildman–Crippen LogP) is 5.93. The number of nitrogens with two attached hydrogens (primary N) is 1. The van der Waals surface area contributed by atoms with Crippen molar-refractivity contribution < 1.29 is 34.1 Å². The number of quaternary nitrogens is 1. The zero-order valence-corrected chi connectivity index (χ0v) is 34.2. The van der Waals surface area contributed by atoms with Crippen LogP contribution in [0.5, 0.6) is 11.5 Å². The highest BCUT2D eigenvalue weighted by Gasteiger charge is 2.26. The van der Waals surface area contributed by atoms with Crippen molar-refractivity contribution in [2.24, 2.45) is 0 Å². The zero-order chi connectivity index (χ0) is 39.9. The fraction of sp³-hybridized carbons (Fsp3) is 0.250. The number of anilines is 2. The molecule has 304 valence electrons. The van der Waals surface area contributed by atoms with E-state index >= 15 is 0 Å². The summed E-state index contributed by atoms with van der Waals surface area (Å²) in [5, 5.41) is 13.9. The standard InChI is InChI=1S/C44H47ClN6O5S.H2O/c1-49(2)23-7-22-46-40-21-19-36(29-41(40)47-53)57(54,55)48-44(52)39-20-18-35(28-43(39)56-42-13-6-10-31-9-5-12-38(31)42)51-26-24-50(25-27-51)30-33-8-3-4-11-37(33)32-14-16-34(45)17-15-32;/h3-6,8,10-21,28-29,46-47,53H,7,9,22-27,30H2,1-2H3,(H,48,52);1H2/p+1. The van der Waals surface area contributed by atoms with Gasteiger partial charge >= 0.3 is 0 Å². The first-order chi connectivity index (χ1) is 27.6. The fourth-order valence-electron chi connectivity index (χ4n) is 7.25. The summed E-state index contributed by atoms with van der Waals surface area (Å²) in [6, 6.07) is 31.8. The Hall–Kier alpha value is -5.25. The van der Waals surface area contributed by atoms with E-state index in [1.807, 2.05) is 74.8 Å². The monoisotopic (exact) mass is 825 g/mol. The molecule has 1 aliphatic carbocycles. The van der Waals surface area contributed by atoms with Gasteiger partial charge < -0.3 is 25.3 Å². The van der Waals surface area contributed by atoms with Gasteiger partial charge in [0.25, 0.3) is 15.9 Å². The summed E-state index contributed by atoms with van der Waals surface area (Å²) in [6.07, 6.45) is 5.70. The van der Waals surface area contributed by atoms with Crippen molar-refractivity contribution in [3.63, 3.8) is 0 Å². The molecule has 0 aromatic heterocycles. The molecule has 7 N–H and O–H groups in total. The Morgan fingerprint density at radius 1 is 0.914 bits per heavy atom. The quantitative estimate of drug-likeness (QED) is 0.0570. The molecule has 12 nitrogen and oxygen atoms in total. The van der Waals surface area contributed by atoms with Crippen LogP contribution in [0.25, 0.3) is 17.2 Å². The van der Waals surface area contributed by atoms with E-state index in [9.17, 15) is 18.4 Å². The van der Waals surface area contributed by atoms with Crippen molar-refractivity contribution in [3.8, 4) is 22.6 Å². The number of fused-ring (bicyclic) bond motifs is 1. The first-order valence-electron chi connectivity index (χ1n) is 19.1. The second-order valence-electron chi connectivity index (χ2n) is 14.5. The van der Waals surface area contributed by atoms with Crippen LogP contribution in [-0.4, -0.2) is 88.2 Å². The summed E-state index contributed by atoms with van der Waals surface area (Å²) in [5.41, 5.74) is 8.27. The van der Waals surface area contributed by atoms with Crippen LogP contribution < -0.4 is 25.2 Å². The minimum Gasteiger partial charge on any atom is -0.456 e. The number of halogens is 1. The maximum Gasteiger partial charge on any atom is 0.268 e. The van der Waals surface area contributed by atoms with E-state index in [1.54, 1.807) is 12.1 Å². The number of nitrogens with zero attached hydrogens (tertiary/aromatic N) is 3. The fourth-order valence-corrected chi connectivity index (χ4v) is 8.38. The van der Waals surface area contributed by atoms with Gasteiger partial charge in [0.2, 0.25) is 0 Å². The van der Waals surface area contributed by atoms with E-state index in [4.69, 9.17) is 16.3 Å². The van der Waals surface area contributed by atoms with Crippen molar-refractivity contribution in [3.05, 3.63) is 136 Å². The lowest BCUT2D eigenvalue weighted by Crippen LogP contribution is -2.74. The molecular formula is C44H50ClN6O6S+. The number of benzene rings is 5. The van der Waals surface area contributed by atoms with Gasteiger partial charge in [-0.3, -0.25) is 9.69 Å². The highest BCUT2D eigenvalue weighted by atomic mass is 35.5. The summed E-state index contributed by atoms with van der Waals surface area (Å²) < 4.78 is 36.0. The Morgan fingerprint density at radius 3 is 2.45 bits per heavy atom. The molecule has 1 aliphatic heterocycles. The molecule has 0 radical (unpaired) electrons. The van der Waals surface area contributed by atoms with Crippen molar-refractivity contribution in [2.45, 2.75) is 24.3 Å². The van der Waals surface area contributed by atoms with E-state index in [-0.39, 0.29) is 21.7 Å². The second kappa shape index (κ2) is 19.0. The third-order valence-corrected chi connectivity index (χ3v) is 11.9. The SMILES string of the molecule is CN(C)CCCNc1ccc(S(=O)(=O)NC(=O)c2ccc(N3CCN(Cc4ccccc4-c4ccc(Cl)cc4)CC3)cc2Oc2cccc3c2C=CC3)cc1[NH2+]O.O. The summed E-state index contributed by atoms with van der Waals surface area (Å²) in [7, 11) is -0.353. The molecule has 14 heteroatoms. The highest BCUT2D eigenvalue weighted by molar-refractivity contribution is 7.90. The normalized spacial score (nSPS) is 13.9. The third-order valence-electron chi connectivity index (χ3n) is 10.3. The lowest BCUT2D eigenvalue weighted by molar-refractivity contribution is -0.825. The maximum atomic E-state index is 13.9. The summed E-state index contributed by atoms with van der Waals surface area (Å²) in [4.78, 5) is 20.5. The van der Waals surface area contributed by atoms with Crippen LogP contribution in [0, 0.1) is 0 Å². The average molecular weight is 826 g/mol. The lowest BCUT2D eigenvalue weighted by atomic mass is 9.99. The Kier molecular flexibility index (Phi) is 13.9. The van der Waals surface area contributed by atoms with E-state index in [1.165, 1.54) is 23.3 Å². The molecule has 5 aromatic carbocycles. The predicted molar refractivity (Wildman–Crippen MR) is 230 cm³/mol. The van der Waals surface area contributed by atoms with Gasteiger partial charge in [0, 0.05) is 67.7 Å². The molecule has 0 atom stereocenters. The Balaban J connectivity index is 0.00000567. The Morgan fingerprint density at radius 2 is 1.69 bits per heavy atom. The number of sulfonamides is 1. The van der Waals surface area contributed by atoms with E-state index in [2.05, 4.69) is 55.1 Å². The van der Waals surface area contributed by atoms with Gasteiger partial charge in [-0.1, -0.05) is 72.3 Å². The van der Waals surface area contributed by atoms with Crippen LogP contribution in [0.3, 0.4) is 0 Å². The average Bonchev–Trinajstić information content (AvgIpc) is 3.70. The van der Waals surface area contributed by atoms with E-state index < -0.39 is 15.9 Å². The van der Waals surface area contributed by atoms with Crippen molar-refractivity contribution in [2.75, 3.05) is 63.6 Å². The van der Waals surface area contributed by atoms with Gasteiger partial charge in [0.1, 0.15) is 11.5 Å². The molecule has 1 fully saturated rings. The van der Waals surface area contributed by atoms with Gasteiger partial charge in [-0.25, -0.2) is 18.3 Å². The molecule has 58 heavy (non-hydrogen) atoms. The van der Waals surface area contributed by atoms with Gasteiger partial charge in [0.05, 0.1) is 16.1 Å². The number of rotatable bonds is 15. The molecule has 0 bridgehead atoms. The Labute approximate surface area is 345 Å². The van der Waals surface area contributed by atoms with Crippen LogP contribution in [0.1, 0.15) is 33.5 Å². The molecular weight excluding hydrogens is 776 g/mol. The second-order valence-corrected chi connectivity index (χ2v) is 16.7. The largest absolute Gasteiger partial charge is 0.456 e. The zero-order valence-electron chi connectivity index (χ0n) is 32.6. The number of carbonyl (C=O) groups excluding carboxylic acids is 1. The van der Waals surface area contributed by atoms with Gasteiger partial charge in [-0.2, -0.15) is 5.48 Å². The molecule has 1 saturated heterocycles. The van der Waals surface area contributed by atoms with Crippen LogP contribution in [0.2, 0.25) is 5.02 Å². The van der Waals surface area contributed by atoms with Crippen molar-refractivity contribution in [1.29, 1.82) is 0 Å². The molecule has 5 aromatic rings. The molecule has 0 unspecified atom stereocenters. The number of hydrogen-bond acceptors (Lipinski definition) is 9. The number of hydrogen-bond donors (Lipinski definition) is 4. The smallest absolute Gasteiger partial charge is 0.268 e. The van der Waals surface area contributed by atoms with Gasteiger partial charge in [0.15, 0.2) is 5.69 Å². The first-order valence-corrected chi connectivity index (χ1v) is 20.9. The number of carbonyl (C=O) groups is 1. The molecule has 0 saturated carbocycles. The van der Waals surface area contributed by atoms with Crippen LogP contribution in [-0.2, 0) is 23.0 Å². The van der Waals surface area contributed by atoms with Gasteiger partial charge in [-0.15, -0.1) is 0 Å². The van der Waals surface area contributed by atoms with Crippen LogP contribution >= 0.6 is 11.6 Å². The summed E-state index contributed by atoms with van der Waals surface area (Å²) >= 11 is 6.16. The van der Waals surface area contributed by atoms with E-state index in [0.29, 0.717) is 28.7 Å². The topological polar surface area (TPSA) is 163 Å². The summed E-state index contributed by atoms with van der Waals surface area (Å²) in [5.74, 6) is -0.00426. The van der Waals surface area contributed by atoms with Crippen molar-refractivity contribution >= 4 is 50.7 Å². The molecule has 0 spiro atoms. The lowest BCUT2D eigenvalue weighted by Gasteiger charge is -2.36. The molecule has 2 aliphatic rings. The molecule has 7 rings (SSSR count). The number of allylic oxidation sites excluding steroid dienone is 1. The number of ether oxygens (including phenoxy) is 1. The number of piperazine rings is 1. The highest BCUT2D eigenvalue weighted by Crippen LogP contribution is 2.36. The van der Waals surface area contributed by atoms with Gasteiger partial charge in [-0.05, 0) is 98.2 Å². The minimum atomic E-state index is -4.33. The maximum absolute atomic E-state index is 13.9. The van der Waals surface area contributed by atoms with Crippen LogP contribution in [0.15, 0.2) is 114 Å². The third kappa shape index (κ3) is 10.1. The van der Waals surface area contributed by atoms with Crippen molar-refractivity contribution in [1.82, 2.24) is 14.5 Å². The minimum absolute atomic E-state index is 0. The number of nitrogens with one attached hydrogen (secondary N) is 2. The first kappa shape index (κ1) is 42.4. The Bertz CT molecular complexity index is 2370. The molecule has 1 amide bonds. The number of amides is 1. The molecule has 1 heterocycles. The van der Waals surface area contributed by atoms with E-state index in [0.717, 1.165) is 80.0 Å². The van der Waals surface area contributed by atoms with Crippen LogP contribution in [0.4, 0.5) is 17.1 Å². The summed E-state index contributed by atoms with van der Waals surface area (Å²) in [6.45, 7) is 5.44.